The highest BCUT2D eigenvalue weighted by Gasteiger charge is 2.50. The van der Waals surface area contributed by atoms with Crippen molar-refractivity contribution in [3.05, 3.63) is 22.4 Å². The summed E-state index contributed by atoms with van der Waals surface area (Å²) in [5, 5.41) is 15.7. The molecule has 4 fully saturated rings. The third kappa shape index (κ3) is 3.81. The minimum atomic E-state index is -0.399. The van der Waals surface area contributed by atoms with Crippen molar-refractivity contribution < 1.29 is 9.84 Å². The van der Waals surface area contributed by atoms with Gasteiger partial charge in [0.15, 0.2) is 0 Å². The number of aliphatic hydroxyl groups excluding tert-OH is 1. The Hall–Kier alpha value is -0.420. The Morgan fingerprint density at radius 2 is 1.91 bits per heavy atom. The SMILES string of the molecule is O[C@H](CNCC12CC3CC(CC(C3)C1)C2)COCc1cccs1. The van der Waals surface area contributed by atoms with Crippen molar-refractivity contribution in [3.8, 4) is 0 Å². The number of nitrogens with one attached hydrogen (secondary N) is 1. The molecule has 1 atom stereocenters. The van der Waals surface area contributed by atoms with Crippen molar-refractivity contribution in [2.75, 3.05) is 19.7 Å². The standard InChI is InChI=1S/C19H29NO2S/c21-17(11-22-12-18-2-1-3-23-18)10-20-13-19-7-14-4-15(8-19)6-16(5-14)9-19/h1-3,14-17,20-21H,4-13H2/t14?,15?,16?,17-,19?/m1/s1. The van der Waals surface area contributed by atoms with E-state index >= 15 is 0 Å². The molecule has 23 heavy (non-hydrogen) atoms. The summed E-state index contributed by atoms with van der Waals surface area (Å²) in [5.74, 6) is 3.01. The topological polar surface area (TPSA) is 41.5 Å². The largest absolute Gasteiger partial charge is 0.389 e. The summed E-state index contributed by atoms with van der Waals surface area (Å²) in [6.45, 7) is 2.79. The monoisotopic (exact) mass is 335 g/mol. The Labute approximate surface area is 143 Å². The van der Waals surface area contributed by atoms with Crippen LogP contribution in [0.4, 0.5) is 0 Å². The maximum atomic E-state index is 10.1. The molecule has 0 amide bonds. The van der Waals surface area contributed by atoms with Crippen molar-refractivity contribution in [2.24, 2.45) is 23.2 Å². The lowest BCUT2D eigenvalue weighted by Crippen LogP contribution is -2.51. The normalized spacial score (nSPS) is 36.5. The van der Waals surface area contributed by atoms with Gasteiger partial charge in [0.1, 0.15) is 0 Å². The average molecular weight is 336 g/mol. The van der Waals surface area contributed by atoms with Gasteiger partial charge in [-0.1, -0.05) is 6.07 Å². The molecule has 3 nitrogen and oxygen atoms in total. The van der Waals surface area contributed by atoms with Gasteiger partial charge in [-0.15, -0.1) is 11.3 Å². The van der Waals surface area contributed by atoms with E-state index in [4.69, 9.17) is 4.74 Å². The number of hydrogen-bond donors (Lipinski definition) is 2. The van der Waals surface area contributed by atoms with Gasteiger partial charge in [0.25, 0.3) is 0 Å². The van der Waals surface area contributed by atoms with E-state index in [1.807, 2.05) is 6.07 Å². The summed E-state index contributed by atoms with van der Waals surface area (Å²) in [6.07, 6.45) is 8.38. The second-order valence-corrected chi connectivity index (χ2v) is 9.33. The highest BCUT2D eigenvalue weighted by molar-refractivity contribution is 7.09. The number of rotatable bonds is 8. The highest BCUT2D eigenvalue weighted by Crippen LogP contribution is 2.59. The Morgan fingerprint density at radius 1 is 1.22 bits per heavy atom. The molecule has 0 unspecified atom stereocenters. The van der Waals surface area contributed by atoms with Crippen LogP contribution in [-0.4, -0.2) is 30.9 Å². The van der Waals surface area contributed by atoms with E-state index < -0.39 is 6.10 Å². The lowest BCUT2D eigenvalue weighted by molar-refractivity contribution is -0.0531. The van der Waals surface area contributed by atoms with Crippen molar-refractivity contribution in [1.82, 2.24) is 5.32 Å². The smallest absolute Gasteiger partial charge is 0.0897 e. The summed E-state index contributed by atoms with van der Waals surface area (Å²) in [5.41, 5.74) is 0.548. The van der Waals surface area contributed by atoms with E-state index in [2.05, 4.69) is 16.8 Å². The van der Waals surface area contributed by atoms with E-state index in [-0.39, 0.29) is 0 Å². The fourth-order valence-electron chi connectivity index (χ4n) is 5.76. The van der Waals surface area contributed by atoms with Crippen LogP contribution in [0.25, 0.3) is 0 Å². The molecule has 0 radical (unpaired) electrons. The Morgan fingerprint density at radius 3 is 2.52 bits per heavy atom. The first kappa shape index (κ1) is 16.1. The first-order valence-electron chi connectivity index (χ1n) is 9.20. The van der Waals surface area contributed by atoms with Crippen molar-refractivity contribution in [2.45, 2.75) is 51.2 Å². The molecule has 1 aromatic rings. The molecule has 4 saturated carbocycles. The van der Waals surface area contributed by atoms with Gasteiger partial charge in [-0.05, 0) is 73.1 Å². The molecular weight excluding hydrogens is 306 g/mol. The first-order chi connectivity index (χ1) is 11.2. The van der Waals surface area contributed by atoms with E-state index in [0.29, 0.717) is 25.2 Å². The number of thiophene rings is 1. The summed E-state index contributed by atoms with van der Waals surface area (Å²) in [6, 6.07) is 4.11. The van der Waals surface area contributed by atoms with Crippen molar-refractivity contribution >= 4 is 11.3 Å². The molecular formula is C19H29NO2S. The lowest BCUT2D eigenvalue weighted by atomic mass is 9.49. The minimum Gasteiger partial charge on any atom is -0.389 e. The molecule has 4 aliphatic rings. The van der Waals surface area contributed by atoms with Gasteiger partial charge in [-0.25, -0.2) is 0 Å². The van der Waals surface area contributed by atoms with Crippen LogP contribution in [-0.2, 0) is 11.3 Å². The zero-order valence-electron chi connectivity index (χ0n) is 13.9. The second-order valence-electron chi connectivity index (χ2n) is 8.30. The van der Waals surface area contributed by atoms with Crippen molar-refractivity contribution in [1.29, 1.82) is 0 Å². The van der Waals surface area contributed by atoms with Gasteiger partial charge in [-0.2, -0.15) is 0 Å². The third-order valence-electron chi connectivity index (χ3n) is 6.18. The zero-order chi connectivity index (χ0) is 15.7. The molecule has 2 N–H and O–H groups in total. The van der Waals surface area contributed by atoms with E-state index in [9.17, 15) is 5.11 Å². The fraction of sp³-hybridized carbons (Fsp3) is 0.789. The van der Waals surface area contributed by atoms with E-state index in [0.717, 1.165) is 24.3 Å². The van der Waals surface area contributed by atoms with Gasteiger partial charge in [0.2, 0.25) is 0 Å². The van der Waals surface area contributed by atoms with Crippen LogP contribution in [0.5, 0.6) is 0 Å². The molecule has 4 aliphatic carbocycles. The van der Waals surface area contributed by atoms with Gasteiger partial charge in [-0.3, -0.25) is 0 Å². The Balaban J connectivity index is 1.17. The average Bonchev–Trinajstić information content (AvgIpc) is 2.99. The summed E-state index contributed by atoms with van der Waals surface area (Å²) in [7, 11) is 0. The Bertz CT molecular complexity index is 466. The minimum absolute atomic E-state index is 0.399. The van der Waals surface area contributed by atoms with Crippen LogP contribution < -0.4 is 5.32 Å². The molecule has 1 heterocycles. The number of aliphatic hydroxyl groups is 1. The number of hydrogen-bond acceptors (Lipinski definition) is 4. The fourth-order valence-corrected chi connectivity index (χ4v) is 6.40. The van der Waals surface area contributed by atoms with Crippen LogP contribution in [0.2, 0.25) is 0 Å². The molecule has 0 spiro atoms. The van der Waals surface area contributed by atoms with Crippen LogP contribution in [0.3, 0.4) is 0 Å². The molecule has 4 heteroatoms. The van der Waals surface area contributed by atoms with Crippen molar-refractivity contribution in [3.63, 3.8) is 0 Å². The lowest BCUT2D eigenvalue weighted by Gasteiger charge is -2.57. The van der Waals surface area contributed by atoms with Crippen LogP contribution in [0.1, 0.15) is 43.4 Å². The molecule has 4 bridgehead atoms. The van der Waals surface area contributed by atoms with Gasteiger partial charge >= 0.3 is 0 Å². The predicted octanol–water partition coefficient (Wildman–Crippen LogP) is 3.43. The summed E-state index contributed by atoms with van der Waals surface area (Å²) >= 11 is 1.70. The zero-order valence-corrected chi connectivity index (χ0v) is 14.7. The van der Waals surface area contributed by atoms with Gasteiger partial charge in [0, 0.05) is 18.0 Å². The predicted molar refractivity (Wildman–Crippen MR) is 93.5 cm³/mol. The summed E-state index contributed by atoms with van der Waals surface area (Å²) in [4.78, 5) is 1.22. The molecule has 128 valence electrons. The maximum Gasteiger partial charge on any atom is 0.0897 e. The molecule has 5 rings (SSSR count). The van der Waals surface area contributed by atoms with Crippen LogP contribution in [0.15, 0.2) is 17.5 Å². The van der Waals surface area contributed by atoms with E-state index in [1.54, 1.807) is 11.3 Å². The first-order valence-corrected chi connectivity index (χ1v) is 10.1. The molecule has 0 aliphatic heterocycles. The van der Waals surface area contributed by atoms with Crippen LogP contribution in [0, 0.1) is 23.2 Å². The van der Waals surface area contributed by atoms with Gasteiger partial charge < -0.3 is 15.2 Å². The third-order valence-corrected chi connectivity index (χ3v) is 7.03. The maximum absolute atomic E-state index is 10.1. The van der Waals surface area contributed by atoms with Crippen LogP contribution >= 0.6 is 11.3 Å². The molecule has 0 saturated heterocycles. The highest BCUT2D eigenvalue weighted by atomic mass is 32.1. The number of ether oxygens (including phenoxy) is 1. The summed E-state index contributed by atoms with van der Waals surface area (Å²) < 4.78 is 5.61. The Kier molecular flexibility index (Phi) is 4.77. The molecule has 0 aromatic carbocycles. The second kappa shape index (κ2) is 6.83. The van der Waals surface area contributed by atoms with E-state index in [1.165, 1.54) is 43.4 Å². The quantitative estimate of drug-likeness (QED) is 0.765. The van der Waals surface area contributed by atoms with Gasteiger partial charge in [0.05, 0.1) is 19.3 Å². The molecule has 1 aromatic heterocycles.